The van der Waals surface area contributed by atoms with Gasteiger partial charge in [-0.05, 0) is 69.2 Å². The van der Waals surface area contributed by atoms with E-state index in [2.05, 4.69) is 23.2 Å². The molecule has 2 aromatic rings. The number of aromatic nitrogens is 1. The molecule has 0 atom stereocenters. The molecule has 0 aliphatic heterocycles. The first kappa shape index (κ1) is 22.6. The van der Waals surface area contributed by atoms with Gasteiger partial charge in [0.15, 0.2) is 4.34 Å². The molecule has 0 aliphatic carbocycles. The molecule has 1 aromatic carbocycles. The minimum absolute atomic E-state index is 0.621. The van der Waals surface area contributed by atoms with Crippen molar-refractivity contribution < 1.29 is 13.3 Å². The van der Waals surface area contributed by atoms with Gasteiger partial charge < -0.3 is 13.3 Å². The molecule has 0 bridgehead atoms. The molecule has 12 heteroatoms. The lowest BCUT2D eigenvalue weighted by molar-refractivity contribution is 0.106. The normalized spacial score (nSPS) is 12.1. The lowest BCUT2D eigenvalue weighted by Gasteiger charge is -2.25. The van der Waals surface area contributed by atoms with Crippen molar-refractivity contribution in [2.24, 2.45) is 0 Å². The maximum absolute atomic E-state index is 5.69. The number of benzene rings is 1. The van der Waals surface area contributed by atoms with Crippen molar-refractivity contribution in [3.05, 3.63) is 24.3 Å². The van der Waals surface area contributed by atoms with Gasteiger partial charge in [-0.2, -0.15) is 0 Å². The average Bonchev–Trinajstić information content (AvgIpc) is 3.05. The van der Waals surface area contributed by atoms with Crippen LogP contribution in [-0.2, 0) is 13.3 Å². The topological polar surface area (TPSA) is 40.6 Å². The summed E-state index contributed by atoms with van der Waals surface area (Å²) in [5.41, 5.74) is 1.08. The van der Waals surface area contributed by atoms with Crippen LogP contribution in [0.1, 0.15) is 6.92 Å². The van der Waals surface area contributed by atoms with E-state index in [1.165, 1.54) is 4.70 Å². The van der Waals surface area contributed by atoms with E-state index in [4.69, 9.17) is 13.3 Å². The molecule has 0 spiro atoms. The Morgan fingerprint density at radius 2 is 1.84 bits per heavy atom. The molecule has 0 saturated heterocycles. The quantitative estimate of drug-likeness (QED) is 0.168. The number of para-hydroxylation sites is 1. The highest BCUT2D eigenvalue weighted by molar-refractivity contribution is 9.41. The largest absolute Gasteiger partial charge is 0.501 e. The third kappa shape index (κ3) is 7.68. The lowest BCUT2D eigenvalue weighted by Crippen LogP contribution is -2.44. The van der Waals surface area contributed by atoms with Gasteiger partial charge in [0, 0.05) is 32.6 Å². The third-order valence-corrected chi connectivity index (χ3v) is 18.2. The monoisotopic (exact) mass is 489 g/mol. The molecule has 0 saturated carbocycles. The first-order valence-electron chi connectivity index (χ1n) is 7.29. The van der Waals surface area contributed by atoms with Gasteiger partial charge in [0.2, 0.25) is 0 Å². The number of hydrogen-bond acceptors (Lipinski definition) is 11. The van der Waals surface area contributed by atoms with Crippen LogP contribution >= 0.6 is 72.2 Å². The van der Waals surface area contributed by atoms with Gasteiger partial charge in [-0.1, -0.05) is 22.9 Å². The molecule has 0 amide bonds. The second-order valence-electron chi connectivity index (χ2n) is 4.40. The number of rotatable bonds is 13. The molecule has 0 N–H and O–H groups in total. The molecule has 1 heterocycles. The van der Waals surface area contributed by atoms with Gasteiger partial charge in [-0.25, -0.2) is 4.98 Å². The highest BCUT2D eigenvalue weighted by Gasteiger charge is 2.37. The smallest absolute Gasteiger partial charge is 0.377 e. The van der Waals surface area contributed by atoms with E-state index in [0.29, 0.717) is 6.61 Å². The fourth-order valence-corrected chi connectivity index (χ4v) is 17.6. The van der Waals surface area contributed by atoms with E-state index < -0.39 is 8.80 Å². The molecule has 0 radical (unpaired) electrons. The highest BCUT2D eigenvalue weighted by atomic mass is 33.9. The fraction of sp³-hybridized carbons (Fsp3) is 0.462. The van der Waals surface area contributed by atoms with Gasteiger partial charge in [-0.3, -0.25) is 0 Å². The van der Waals surface area contributed by atoms with Crippen LogP contribution in [0.2, 0.25) is 6.04 Å². The standard InChI is InChI=1S/C13H19NO3S7Si/c1-4-17-25(15-2,16-3)10-9-18-21-23-24-22-20-13-14-11-7-5-6-8-12(11)19-13/h5-8H,4,9-10H2,1-3H3. The van der Waals surface area contributed by atoms with Gasteiger partial charge >= 0.3 is 8.80 Å². The minimum Gasteiger partial charge on any atom is -0.377 e. The average molecular weight is 490 g/mol. The Balaban J connectivity index is 1.56. The van der Waals surface area contributed by atoms with Crippen molar-refractivity contribution >= 4 is 91.2 Å². The lowest BCUT2D eigenvalue weighted by atomic mass is 10.3. The van der Waals surface area contributed by atoms with Crippen molar-refractivity contribution in [1.29, 1.82) is 0 Å². The summed E-state index contributed by atoms with van der Waals surface area (Å²) in [6.07, 6.45) is 0. The van der Waals surface area contributed by atoms with Crippen molar-refractivity contribution in [3.8, 4) is 0 Å². The van der Waals surface area contributed by atoms with E-state index >= 15 is 0 Å². The third-order valence-electron chi connectivity index (χ3n) is 2.99. The Hall–Kier alpha value is 1.31. The minimum atomic E-state index is -2.45. The fourth-order valence-electron chi connectivity index (χ4n) is 1.87. The predicted octanol–water partition coefficient (Wildman–Crippen LogP) is 6.90. The zero-order chi connectivity index (χ0) is 18.0. The number of hydrogen-bond donors (Lipinski definition) is 0. The Labute approximate surface area is 176 Å². The molecule has 0 aliphatic rings. The van der Waals surface area contributed by atoms with Gasteiger partial charge in [-0.15, -0.1) is 11.3 Å². The maximum Gasteiger partial charge on any atom is 0.501 e. The van der Waals surface area contributed by atoms with Crippen LogP contribution < -0.4 is 0 Å². The van der Waals surface area contributed by atoms with E-state index in [0.717, 1.165) is 21.7 Å². The highest BCUT2D eigenvalue weighted by Crippen LogP contribution is 2.54. The summed E-state index contributed by atoms with van der Waals surface area (Å²) in [7, 11) is 11.5. The van der Waals surface area contributed by atoms with E-state index in [9.17, 15) is 0 Å². The summed E-state index contributed by atoms with van der Waals surface area (Å²) in [6.45, 7) is 2.59. The van der Waals surface area contributed by atoms with Crippen LogP contribution in [0.3, 0.4) is 0 Å². The van der Waals surface area contributed by atoms with Crippen molar-refractivity contribution in [2.75, 3.05) is 26.6 Å². The van der Waals surface area contributed by atoms with Crippen molar-refractivity contribution in [1.82, 2.24) is 4.98 Å². The van der Waals surface area contributed by atoms with Crippen molar-refractivity contribution in [3.63, 3.8) is 0 Å². The van der Waals surface area contributed by atoms with E-state index in [-0.39, 0.29) is 0 Å². The summed E-state index contributed by atoms with van der Waals surface area (Å²) in [5, 5.41) is 0. The number of thiazole rings is 1. The summed E-state index contributed by atoms with van der Waals surface area (Å²) in [6, 6.07) is 9.07. The Morgan fingerprint density at radius 1 is 1.08 bits per heavy atom. The Bertz CT molecular complexity index is 595. The summed E-state index contributed by atoms with van der Waals surface area (Å²) in [5.74, 6) is 0.946. The molecular formula is C13H19NO3S7Si. The summed E-state index contributed by atoms with van der Waals surface area (Å²) in [4.78, 5) is 4.61. The first-order chi connectivity index (χ1) is 12.2. The molecule has 1 aromatic heterocycles. The van der Waals surface area contributed by atoms with Crippen LogP contribution in [-0.4, -0.2) is 40.4 Å². The second-order valence-corrected chi connectivity index (χ2v) is 18.1. The molecule has 2 rings (SSSR count). The zero-order valence-electron chi connectivity index (χ0n) is 14.0. The van der Waals surface area contributed by atoms with Crippen molar-refractivity contribution in [2.45, 2.75) is 17.3 Å². The molecule has 0 fully saturated rings. The summed E-state index contributed by atoms with van der Waals surface area (Å²) >= 11 is 1.74. The van der Waals surface area contributed by atoms with Gasteiger partial charge in [0.1, 0.15) is 0 Å². The molecule has 140 valence electrons. The van der Waals surface area contributed by atoms with Crippen LogP contribution in [0.25, 0.3) is 10.2 Å². The Morgan fingerprint density at radius 3 is 2.56 bits per heavy atom. The van der Waals surface area contributed by atoms with Crippen LogP contribution in [0.5, 0.6) is 0 Å². The number of nitrogens with zero attached hydrogens (tertiary/aromatic N) is 1. The second kappa shape index (κ2) is 12.7. The van der Waals surface area contributed by atoms with Crippen LogP contribution in [0.15, 0.2) is 28.6 Å². The number of fused-ring (bicyclic) bond motifs is 1. The van der Waals surface area contributed by atoms with Crippen LogP contribution in [0.4, 0.5) is 0 Å². The Kier molecular flexibility index (Phi) is 11.5. The van der Waals surface area contributed by atoms with Gasteiger partial charge in [0.05, 0.1) is 10.2 Å². The molecular weight excluding hydrogens is 471 g/mol. The predicted molar refractivity (Wildman–Crippen MR) is 125 cm³/mol. The zero-order valence-corrected chi connectivity index (χ0v) is 20.7. The molecule has 0 unspecified atom stereocenters. The SMILES string of the molecule is CCO[Si](CCSSSSSSc1nc2ccccc2s1)(OC)OC. The van der Waals surface area contributed by atoms with Gasteiger partial charge in [0.25, 0.3) is 0 Å². The molecule has 4 nitrogen and oxygen atoms in total. The van der Waals surface area contributed by atoms with E-state index in [1.54, 1.807) is 86.4 Å². The summed E-state index contributed by atoms with van der Waals surface area (Å²) < 4.78 is 19.0. The molecule has 25 heavy (non-hydrogen) atoms. The maximum atomic E-state index is 5.69. The van der Waals surface area contributed by atoms with Crippen LogP contribution in [0, 0.1) is 0 Å². The van der Waals surface area contributed by atoms with E-state index in [1.807, 2.05) is 13.0 Å². The first-order valence-corrected chi connectivity index (χ1v) is 17.7.